The summed E-state index contributed by atoms with van der Waals surface area (Å²) >= 11 is 15.1. The molecule has 0 bridgehead atoms. The summed E-state index contributed by atoms with van der Waals surface area (Å²) in [4.78, 5) is 0. The first-order valence-corrected chi connectivity index (χ1v) is 7.86. The number of hydrogen-bond acceptors (Lipinski definition) is 2. The van der Waals surface area contributed by atoms with Crippen LogP contribution in [-0.4, -0.2) is 13.8 Å². The van der Waals surface area contributed by atoms with Gasteiger partial charge >= 0.3 is 8.26 Å². The van der Waals surface area contributed by atoms with Crippen LogP contribution < -0.4 is 0 Å². The summed E-state index contributed by atoms with van der Waals surface area (Å²) in [5.74, 6) is 0. The van der Waals surface area contributed by atoms with Gasteiger partial charge in [0.25, 0.3) is 0 Å². The van der Waals surface area contributed by atoms with Crippen LogP contribution in [0.25, 0.3) is 0 Å². The van der Waals surface area contributed by atoms with Crippen molar-refractivity contribution in [3.8, 4) is 0 Å². The molecule has 0 radical (unpaired) electrons. The van der Waals surface area contributed by atoms with E-state index < -0.39 is 8.26 Å². The van der Waals surface area contributed by atoms with Gasteiger partial charge < -0.3 is 0 Å². The van der Waals surface area contributed by atoms with Crippen molar-refractivity contribution in [3.05, 3.63) is 35.4 Å². The van der Waals surface area contributed by atoms with Crippen LogP contribution in [0.4, 0.5) is 0 Å². The lowest BCUT2D eigenvalue weighted by Crippen LogP contribution is -1.63. The van der Waals surface area contributed by atoms with E-state index in [1.54, 1.807) is 0 Å². The number of alkyl halides is 2. The molecule has 1 rings (SSSR count). The quantitative estimate of drug-likeness (QED) is 0.519. The van der Waals surface area contributed by atoms with Gasteiger partial charge in [0, 0.05) is 26.4 Å². The minimum atomic E-state index is -3.72. The molecule has 1 aromatic rings. The Morgan fingerprint density at radius 1 is 1.00 bits per heavy atom. The van der Waals surface area contributed by atoms with Gasteiger partial charge in [-0.1, -0.05) is 29.8 Å². The lowest BCUT2D eigenvalue weighted by atomic mass is 10.4. The van der Waals surface area contributed by atoms with Crippen LogP contribution in [0.2, 0.25) is 5.02 Å². The second kappa shape index (κ2) is 11.1. The van der Waals surface area contributed by atoms with Crippen LogP contribution in [0, 0.1) is 0 Å². The monoisotopic (exact) mass is 330 g/mol. The Kier molecular flexibility index (Phi) is 13.3. The van der Waals surface area contributed by atoms with Gasteiger partial charge in [-0.15, -0.1) is 23.2 Å². The second-order valence-electron chi connectivity index (χ2n) is 1.77. The van der Waals surface area contributed by atoms with E-state index in [0.29, 0.717) is 0 Å². The first-order chi connectivity index (χ1) is 6.81. The Morgan fingerprint density at radius 3 is 1.40 bits per heavy atom. The molecule has 0 unspecified atom stereocenters. The van der Waals surface area contributed by atoms with Crippen molar-refractivity contribution in [1.29, 1.82) is 0 Å². The molecular weight excluding hydrogens is 325 g/mol. The average Bonchev–Trinajstić information content (AvgIpc) is 2.03. The molecule has 0 aliphatic rings. The molecule has 0 saturated carbocycles. The Hall–Kier alpha value is 0.620. The molecular formula is C7H7Cl5O2S. The fourth-order valence-electron chi connectivity index (χ4n) is 0.415. The molecule has 0 aliphatic carbocycles. The SMILES string of the molecule is ClCCl.Clc1ccccc1.O=S(=O)(Cl)Cl. The van der Waals surface area contributed by atoms with E-state index in [2.05, 4.69) is 21.4 Å². The third-order valence-corrected chi connectivity index (χ3v) is 0.985. The molecule has 0 atom stereocenters. The second-order valence-corrected chi connectivity index (χ2v) is 6.69. The van der Waals surface area contributed by atoms with Crippen molar-refractivity contribution in [2.75, 3.05) is 5.34 Å². The van der Waals surface area contributed by atoms with Crippen molar-refractivity contribution in [2.45, 2.75) is 0 Å². The smallest absolute Gasteiger partial charge is 0.195 e. The van der Waals surface area contributed by atoms with E-state index in [4.69, 9.17) is 43.2 Å². The van der Waals surface area contributed by atoms with Crippen LogP contribution in [0.3, 0.4) is 0 Å². The topological polar surface area (TPSA) is 34.1 Å². The van der Waals surface area contributed by atoms with E-state index >= 15 is 0 Å². The van der Waals surface area contributed by atoms with Gasteiger partial charge in [0.05, 0.1) is 5.34 Å². The Balaban J connectivity index is 0. The largest absolute Gasteiger partial charge is 0.317 e. The van der Waals surface area contributed by atoms with Crippen LogP contribution in [0.1, 0.15) is 0 Å². The fraction of sp³-hybridized carbons (Fsp3) is 0.143. The van der Waals surface area contributed by atoms with Crippen LogP contribution in [0.5, 0.6) is 0 Å². The third kappa shape index (κ3) is 31.3. The Morgan fingerprint density at radius 2 is 1.27 bits per heavy atom. The van der Waals surface area contributed by atoms with Crippen LogP contribution in [0.15, 0.2) is 30.3 Å². The average molecular weight is 332 g/mol. The first kappa shape index (κ1) is 18.0. The number of halogens is 5. The zero-order chi connectivity index (χ0) is 12.3. The highest BCUT2D eigenvalue weighted by Gasteiger charge is 1.88. The maximum atomic E-state index is 9.16. The van der Waals surface area contributed by atoms with Gasteiger partial charge in [-0.05, 0) is 12.1 Å². The van der Waals surface area contributed by atoms with Crippen LogP contribution in [-0.2, 0) is 8.26 Å². The molecule has 0 N–H and O–H groups in total. The van der Waals surface area contributed by atoms with Gasteiger partial charge in [-0.2, -0.15) is 8.42 Å². The summed E-state index contributed by atoms with van der Waals surface area (Å²) < 4.78 is 18.3. The van der Waals surface area contributed by atoms with Crippen molar-refractivity contribution in [3.63, 3.8) is 0 Å². The minimum absolute atomic E-state index is 0.194. The molecule has 15 heavy (non-hydrogen) atoms. The van der Waals surface area contributed by atoms with Gasteiger partial charge in [-0.3, -0.25) is 0 Å². The molecule has 0 fully saturated rings. The lowest BCUT2D eigenvalue weighted by Gasteiger charge is -1.80. The molecule has 8 heteroatoms. The molecule has 2 nitrogen and oxygen atoms in total. The van der Waals surface area contributed by atoms with Crippen molar-refractivity contribution < 1.29 is 8.42 Å². The summed E-state index contributed by atoms with van der Waals surface area (Å²) in [6.45, 7) is 0. The summed E-state index contributed by atoms with van der Waals surface area (Å²) in [5, 5.41) is 0.988. The molecule has 0 aromatic heterocycles. The Labute approximate surface area is 113 Å². The van der Waals surface area contributed by atoms with Crippen LogP contribution >= 0.6 is 56.2 Å². The molecule has 1 aromatic carbocycles. The van der Waals surface area contributed by atoms with Gasteiger partial charge in [-0.25, -0.2) is 0 Å². The highest BCUT2D eigenvalue weighted by Crippen LogP contribution is 2.03. The van der Waals surface area contributed by atoms with Crippen molar-refractivity contribution in [2.24, 2.45) is 0 Å². The van der Waals surface area contributed by atoms with E-state index in [1.807, 2.05) is 30.3 Å². The number of benzene rings is 1. The normalized spacial score (nSPS) is 9.13. The molecule has 0 saturated heterocycles. The predicted octanol–water partition coefficient (Wildman–Crippen LogP) is 4.47. The summed E-state index contributed by atoms with van der Waals surface area (Å²) in [7, 11) is 4.81. The van der Waals surface area contributed by atoms with Gasteiger partial charge in [0.15, 0.2) is 0 Å². The van der Waals surface area contributed by atoms with Crippen molar-refractivity contribution in [1.82, 2.24) is 0 Å². The van der Waals surface area contributed by atoms with E-state index in [0.717, 1.165) is 5.02 Å². The predicted molar refractivity (Wildman–Crippen MR) is 68.7 cm³/mol. The Bertz CT molecular complexity index is 318. The lowest BCUT2D eigenvalue weighted by molar-refractivity contribution is 0.621. The fourth-order valence-corrected chi connectivity index (χ4v) is 0.560. The third-order valence-electron chi connectivity index (χ3n) is 0.733. The highest BCUT2D eigenvalue weighted by molar-refractivity contribution is 8.31. The maximum Gasteiger partial charge on any atom is 0.317 e. The molecule has 0 amide bonds. The van der Waals surface area contributed by atoms with Crippen molar-refractivity contribution >= 4 is 64.4 Å². The highest BCUT2D eigenvalue weighted by atomic mass is 36.0. The van der Waals surface area contributed by atoms with E-state index in [-0.39, 0.29) is 5.34 Å². The van der Waals surface area contributed by atoms with Gasteiger partial charge in [0.2, 0.25) is 0 Å². The van der Waals surface area contributed by atoms with E-state index in [1.165, 1.54) is 0 Å². The summed E-state index contributed by atoms with van der Waals surface area (Å²) in [5.41, 5.74) is 0. The zero-order valence-electron chi connectivity index (χ0n) is 7.21. The van der Waals surface area contributed by atoms with E-state index in [9.17, 15) is 0 Å². The zero-order valence-corrected chi connectivity index (χ0v) is 11.8. The van der Waals surface area contributed by atoms with Gasteiger partial charge in [0.1, 0.15) is 0 Å². The molecule has 0 heterocycles. The molecule has 0 aliphatic heterocycles. The molecule has 88 valence electrons. The maximum absolute atomic E-state index is 9.16. The molecule has 0 spiro atoms. The number of hydrogen-bond donors (Lipinski definition) is 0. The summed E-state index contributed by atoms with van der Waals surface area (Å²) in [6, 6.07) is 9.44. The first-order valence-electron chi connectivity index (χ1n) is 3.28. The number of rotatable bonds is 0. The standard InChI is InChI=1S/C6H5Cl.CH2Cl2.Cl2O2S/c7-6-4-2-1-3-5-6;2-1-3;1-5(2,3)4/h1-5H;1H2;. The summed E-state index contributed by atoms with van der Waals surface area (Å²) in [6.07, 6.45) is 0. The minimum Gasteiger partial charge on any atom is -0.195 e.